The van der Waals surface area contributed by atoms with Gasteiger partial charge in [0.05, 0.1) is 15.7 Å². The number of nitrogens with zero attached hydrogens (tertiary/aromatic N) is 1. The molecule has 0 atom stereocenters. The number of fused-ring (bicyclic) bond motifs is 1. The number of aromatic amines is 1. The SMILES string of the molecule is [B]C([B])(OC(F)F)C([B])([B])N(C)CCc1c[nH]c2ccccc12. The van der Waals surface area contributed by atoms with Crippen molar-refractivity contribution in [2.45, 2.75) is 23.8 Å². The van der Waals surface area contributed by atoms with E-state index in [1.165, 1.54) is 11.9 Å². The van der Waals surface area contributed by atoms with Gasteiger partial charge in [-0.1, -0.05) is 18.2 Å². The molecule has 2 rings (SSSR count). The number of hydrogen-bond acceptors (Lipinski definition) is 2. The zero-order valence-electron chi connectivity index (χ0n) is 12.8. The molecule has 8 radical (unpaired) electrons. The quantitative estimate of drug-likeness (QED) is 0.769. The predicted molar refractivity (Wildman–Crippen MR) is 90.2 cm³/mol. The molecule has 0 spiro atoms. The van der Waals surface area contributed by atoms with E-state index in [4.69, 9.17) is 31.4 Å². The second-order valence-electron chi connectivity index (χ2n) is 5.53. The highest BCUT2D eigenvalue weighted by Crippen LogP contribution is 2.24. The van der Waals surface area contributed by atoms with Gasteiger partial charge in [0.1, 0.15) is 15.7 Å². The van der Waals surface area contributed by atoms with Crippen LogP contribution in [0, 0.1) is 0 Å². The Morgan fingerprint density at radius 1 is 1.22 bits per heavy atom. The monoisotopic (exact) mass is 308 g/mol. The molecule has 0 aliphatic heterocycles. The minimum absolute atomic E-state index is 0.345. The number of alkyl halides is 2. The standard InChI is InChI=1S/C14H14B4F2N2O/c1-22(13(15,16)14(17,18)23-12(19)20)7-6-9-8-21-11-5-3-2-4-10(9)11/h2-5,8,12,21H,6-7H2,1H3. The molecule has 0 aliphatic carbocycles. The van der Waals surface area contributed by atoms with E-state index in [1.54, 1.807) is 0 Å². The van der Waals surface area contributed by atoms with Gasteiger partial charge in [0.15, 0.2) is 0 Å². The Kier molecular flexibility index (Phi) is 5.31. The fourth-order valence-electron chi connectivity index (χ4n) is 2.35. The number of likely N-dealkylation sites (N-methyl/N-ethyl adjacent to an activating group) is 1. The highest BCUT2D eigenvalue weighted by molar-refractivity contribution is 6.53. The smallest absolute Gasteiger partial charge is 0.344 e. The van der Waals surface area contributed by atoms with Crippen molar-refractivity contribution in [3.8, 4) is 0 Å². The summed E-state index contributed by atoms with van der Waals surface area (Å²) in [6.45, 7) is -2.84. The van der Waals surface area contributed by atoms with E-state index in [1.807, 2.05) is 30.5 Å². The van der Waals surface area contributed by atoms with Crippen molar-refractivity contribution in [2.24, 2.45) is 0 Å². The number of para-hydroxylation sites is 1. The van der Waals surface area contributed by atoms with Crippen LogP contribution in [0.2, 0.25) is 0 Å². The first-order valence-electron chi connectivity index (χ1n) is 7.03. The molecule has 9 heteroatoms. The third-order valence-electron chi connectivity index (χ3n) is 3.93. The average molecular weight is 308 g/mol. The molecule has 0 amide bonds. The lowest BCUT2D eigenvalue weighted by molar-refractivity contribution is -0.166. The lowest BCUT2D eigenvalue weighted by Crippen LogP contribution is -2.67. The number of H-pyrrole nitrogens is 1. The first-order valence-corrected chi connectivity index (χ1v) is 7.03. The lowest BCUT2D eigenvalue weighted by atomic mass is 9.39. The van der Waals surface area contributed by atoms with Gasteiger partial charge in [-0.05, 0) is 35.8 Å². The summed E-state index contributed by atoms with van der Waals surface area (Å²) in [6, 6.07) is 7.80. The van der Waals surface area contributed by atoms with E-state index in [2.05, 4.69) is 9.72 Å². The van der Waals surface area contributed by atoms with Gasteiger partial charge < -0.3 is 14.6 Å². The molecular weight excluding hydrogens is 293 g/mol. The largest absolute Gasteiger partial charge is 0.361 e. The molecule has 0 fully saturated rings. The maximum Gasteiger partial charge on any atom is 0.344 e. The van der Waals surface area contributed by atoms with Crippen LogP contribution >= 0.6 is 0 Å². The fourth-order valence-corrected chi connectivity index (χ4v) is 2.35. The van der Waals surface area contributed by atoms with Crippen molar-refractivity contribution in [2.75, 3.05) is 13.6 Å². The molecule has 0 saturated heterocycles. The molecule has 0 bridgehead atoms. The second kappa shape index (κ2) is 6.73. The van der Waals surface area contributed by atoms with E-state index < -0.39 is 17.3 Å². The Hall–Kier alpha value is -1.20. The summed E-state index contributed by atoms with van der Waals surface area (Å²) < 4.78 is 28.9. The Bertz CT molecular complexity index is 663. The van der Waals surface area contributed by atoms with Crippen LogP contribution in [0.1, 0.15) is 5.56 Å². The Morgan fingerprint density at radius 3 is 2.52 bits per heavy atom. The third kappa shape index (κ3) is 3.83. The Morgan fingerprint density at radius 2 is 1.87 bits per heavy atom. The summed E-state index contributed by atoms with van der Waals surface area (Å²) in [5.74, 6) is 0. The number of nitrogens with one attached hydrogen (secondary N) is 1. The molecule has 0 unspecified atom stereocenters. The molecule has 1 N–H and O–H groups in total. The van der Waals surface area contributed by atoms with Crippen molar-refractivity contribution in [1.29, 1.82) is 0 Å². The predicted octanol–water partition coefficient (Wildman–Crippen LogP) is 0.863. The van der Waals surface area contributed by atoms with Crippen molar-refractivity contribution >= 4 is 42.3 Å². The molecular formula is C14H14B4F2N2O. The lowest BCUT2D eigenvalue weighted by Gasteiger charge is -2.49. The third-order valence-corrected chi connectivity index (χ3v) is 3.93. The van der Waals surface area contributed by atoms with Crippen LogP contribution in [-0.4, -0.2) is 72.2 Å². The van der Waals surface area contributed by atoms with Gasteiger partial charge in [0.25, 0.3) is 0 Å². The molecule has 2 aromatic rings. The zero-order chi connectivity index (χ0) is 17.3. The summed E-state index contributed by atoms with van der Waals surface area (Å²) in [5, 5.41) is -3.32. The summed E-state index contributed by atoms with van der Waals surface area (Å²) >= 11 is 0. The normalized spacial score (nSPS) is 13.3. The van der Waals surface area contributed by atoms with Crippen molar-refractivity contribution in [3.05, 3.63) is 36.0 Å². The molecule has 1 aromatic carbocycles. The molecule has 1 aromatic heterocycles. The summed E-state index contributed by atoms with van der Waals surface area (Å²) in [6.07, 6.45) is 2.45. The number of ether oxygens (including phenoxy) is 1. The highest BCUT2D eigenvalue weighted by Gasteiger charge is 2.40. The average Bonchev–Trinajstić information content (AvgIpc) is 2.86. The molecule has 0 aliphatic rings. The van der Waals surface area contributed by atoms with Gasteiger partial charge in [-0.25, -0.2) is 0 Å². The van der Waals surface area contributed by atoms with E-state index in [-0.39, 0.29) is 0 Å². The minimum atomic E-state index is -3.18. The van der Waals surface area contributed by atoms with Crippen molar-refractivity contribution in [3.63, 3.8) is 0 Å². The Balaban J connectivity index is 2.07. The maximum absolute atomic E-state index is 12.4. The van der Waals surface area contributed by atoms with Gasteiger partial charge in [-0.15, -0.1) is 0 Å². The summed E-state index contributed by atoms with van der Waals surface area (Å²) in [7, 11) is 24.2. The zero-order valence-corrected chi connectivity index (χ0v) is 12.8. The van der Waals surface area contributed by atoms with Gasteiger partial charge in [0.2, 0.25) is 0 Å². The van der Waals surface area contributed by atoms with Crippen LogP contribution in [0.3, 0.4) is 0 Å². The molecule has 1 heterocycles. The summed E-state index contributed by atoms with van der Waals surface area (Å²) in [4.78, 5) is 4.54. The molecule has 23 heavy (non-hydrogen) atoms. The Labute approximate surface area is 139 Å². The van der Waals surface area contributed by atoms with Crippen LogP contribution in [0.4, 0.5) is 8.78 Å². The first-order chi connectivity index (χ1) is 10.6. The fraction of sp³-hybridized carbons (Fsp3) is 0.429. The van der Waals surface area contributed by atoms with Crippen LogP contribution in [-0.2, 0) is 11.2 Å². The second-order valence-corrected chi connectivity index (χ2v) is 5.53. The molecule has 0 saturated carbocycles. The minimum Gasteiger partial charge on any atom is -0.361 e. The van der Waals surface area contributed by atoms with Gasteiger partial charge in [-0.2, -0.15) is 8.78 Å². The molecule has 112 valence electrons. The van der Waals surface area contributed by atoms with Crippen molar-refractivity contribution < 1.29 is 13.5 Å². The van der Waals surface area contributed by atoms with Crippen molar-refractivity contribution in [1.82, 2.24) is 9.88 Å². The van der Waals surface area contributed by atoms with Crippen LogP contribution in [0.25, 0.3) is 10.9 Å². The maximum atomic E-state index is 12.4. The van der Waals surface area contributed by atoms with Crippen LogP contribution in [0.5, 0.6) is 0 Å². The number of rotatable bonds is 7. The van der Waals surface area contributed by atoms with Gasteiger partial charge in [-0.3, -0.25) is 0 Å². The van der Waals surface area contributed by atoms with Crippen LogP contribution < -0.4 is 0 Å². The number of hydrogen-bond donors (Lipinski definition) is 1. The summed E-state index contributed by atoms with van der Waals surface area (Å²) in [5.41, 5.74) is 2.04. The topological polar surface area (TPSA) is 28.3 Å². The number of aromatic nitrogens is 1. The van der Waals surface area contributed by atoms with E-state index in [0.717, 1.165) is 16.5 Å². The highest BCUT2D eigenvalue weighted by atomic mass is 19.3. The van der Waals surface area contributed by atoms with Crippen LogP contribution in [0.15, 0.2) is 30.5 Å². The number of benzene rings is 1. The van der Waals surface area contributed by atoms with Gasteiger partial charge in [0, 0.05) is 23.6 Å². The first kappa shape index (κ1) is 18.1. The number of halogens is 2. The van der Waals surface area contributed by atoms with Gasteiger partial charge >= 0.3 is 6.61 Å². The van der Waals surface area contributed by atoms with E-state index in [9.17, 15) is 8.78 Å². The van der Waals surface area contributed by atoms with E-state index >= 15 is 0 Å². The molecule has 3 nitrogen and oxygen atoms in total. The van der Waals surface area contributed by atoms with E-state index in [0.29, 0.717) is 13.0 Å².